The van der Waals surface area contributed by atoms with Gasteiger partial charge in [-0.3, -0.25) is 9.69 Å². The van der Waals surface area contributed by atoms with Crippen molar-refractivity contribution in [3.8, 4) is 0 Å². The molecule has 0 aliphatic rings. The van der Waals surface area contributed by atoms with Gasteiger partial charge in [-0.1, -0.05) is 0 Å². The topological polar surface area (TPSA) is 67.6 Å². The van der Waals surface area contributed by atoms with Gasteiger partial charge in [0.1, 0.15) is 5.82 Å². The fourth-order valence-electron chi connectivity index (χ4n) is 1.61. The first-order valence-corrected chi connectivity index (χ1v) is 5.60. The van der Waals surface area contributed by atoms with E-state index in [0.717, 1.165) is 12.4 Å². The fraction of sp³-hybridized carbons (Fsp3) is 0.636. The molecule has 0 amide bonds. The Kier molecular flexibility index (Phi) is 5.65. The number of aryl methyl sites for hydroxylation is 1. The summed E-state index contributed by atoms with van der Waals surface area (Å²) in [6, 6.07) is 0. The highest BCUT2D eigenvalue weighted by Gasteiger charge is 2.12. The van der Waals surface area contributed by atoms with Gasteiger partial charge in [0.25, 0.3) is 0 Å². The molecular weight excluding hydrogens is 222 g/mol. The number of aliphatic carboxylic acids is 1. The number of carbonyl (C=O) groups is 1. The Hall–Kier alpha value is -1.40. The number of hydrogen-bond donors (Lipinski definition) is 1. The molecular formula is C11H19N3O3. The Balaban J connectivity index is 2.61. The van der Waals surface area contributed by atoms with Gasteiger partial charge < -0.3 is 14.4 Å². The van der Waals surface area contributed by atoms with E-state index in [4.69, 9.17) is 9.84 Å². The molecule has 17 heavy (non-hydrogen) atoms. The Morgan fingerprint density at radius 2 is 2.41 bits per heavy atom. The minimum absolute atomic E-state index is 0.0000652. The van der Waals surface area contributed by atoms with Crippen LogP contribution in [0.5, 0.6) is 0 Å². The summed E-state index contributed by atoms with van der Waals surface area (Å²) >= 11 is 0. The van der Waals surface area contributed by atoms with Gasteiger partial charge in [0.15, 0.2) is 0 Å². The van der Waals surface area contributed by atoms with Crippen LogP contribution >= 0.6 is 0 Å². The standard InChI is InChI=1S/C11H19N3O3/c1-3-14-5-4-12-10(14)8-13(6-7-17-2)9-11(15)16/h4-5H,3,6-9H2,1-2H3,(H,15,16). The lowest BCUT2D eigenvalue weighted by Crippen LogP contribution is -2.33. The van der Waals surface area contributed by atoms with Crippen LogP contribution in [-0.4, -0.2) is 52.3 Å². The number of nitrogens with zero attached hydrogens (tertiary/aromatic N) is 3. The van der Waals surface area contributed by atoms with Crippen molar-refractivity contribution in [3.63, 3.8) is 0 Å². The predicted octanol–water partition coefficient (Wildman–Crippen LogP) is 0.436. The van der Waals surface area contributed by atoms with E-state index in [-0.39, 0.29) is 6.54 Å². The molecule has 0 spiro atoms. The maximum absolute atomic E-state index is 10.7. The SMILES string of the molecule is CCn1ccnc1CN(CCOC)CC(=O)O. The van der Waals surface area contributed by atoms with Crippen LogP contribution in [0.3, 0.4) is 0 Å². The third kappa shape index (κ3) is 4.54. The number of methoxy groups -OCH3 is 1. The molecule has 0 aliphatic heterocycles. The van der Waals surface area contributed by atoms with E-state index in [0.29, 0.717) is 19.7 Å². The van der Waals surface area contributed by atoms with Crippen LogP contribution in [0.4, 0.5) is 0 Å². The maximum Gasteiger partial charge on any atom is 0.317 e. The number of imidazole rings is 1. The Bertz CT molecular complexity index is 351. The number of carboxylic acid groups (broad SMARTS) is 1. The summed E-state index contributed by atoms with van der Waals surface area (Å²) in [6.07, 6.45) is 3.62. The van der Waals surface area contributed by atoms with Crippen molar-refractivity contribution in [1.29, 1.82) is 0 Å². The van der Waals surface area contributed by atoms with Crippen molar-refractivity contribution in [1.82, 2.24) is 14.5 Å². The first-order chi connectivity index (χ1) is 8.17. The average Bonchev–Trinajstić information content (AvgIpc) is 2.72. The largest absolute Gasteiger partial charge is 0.480 e. The van der Waals surface area contributed by atoms with Gasteiger partial charge in [0, 0.05) is 32.6 Å². The van der Waals surface area contributed by atoms with Crippen molar-refractivity contribution >= 4 is 5.97 Å². The molecule has 0 fully saturated rings. The second-order valence-corrected chi connectivity index (χ2v) is 3.73. The summed E-state index contributed by atoms with van der Waals surface area (Å²) in [4.78, 5) is 16.8. The zero-order chi connectivity index (χ0) is 12.7. The molecule has 6 heteroatoms. The molecule has 1 N–H and O–H groups in total. The highest BCUT2D eigenvalue weighted by Crippen LogP contribution is 2.03. The molecule has 0 unspecified atom stereocenters. The number of rotatable bonds is 8. The molecule has 1 aromatic rings. The highest BCUT2D eigenvalue weighted by atomic mass is 16.5. The third-order valence-corrected chi connectivity index (χ3v) is 2.48. The highest BCUT2D eigenvalue weighted by molar-refractivity contribution is 5.69. The first-order valence-electron chi connectivity index (χ1n) is 5.60. The van der Waals surface area contributed by atoms with Crippen LogP contribution in [0.1, 0.15) is 12.7 Å². The number of aromatic nitrogens is 2. The van der Waals surface area contributed by atoms with Gasteiger partial charge in [0.05, 0.1) is 19.7 Å². The van der Waals surface area contributed by atoms with E-state index in [2.05, 4.69) is 4.98 Å². The molecule has 0 saturated carbocycles. The second-order valence-electron chi connectivity index (χ2n) is 3.73. The van der Waals surface area contributed by atoms with E-state index in [1.54, 1.807) is 18.2 Å². The van der Waals surface area contributed by atoms with Crippen molar-refractivity contribution in [2.75, 3.05) is 26.8 Å². The fourth-order valence-corrected chi connectivity index (χ4v) is 1.61. The van der Waals surface area contributed by atoms with E-state index in [9.17, 15) is 4.79 Å². The summed E-state index contributed by atoms with van der Waals surface area (Å²) in [5.41, 5.74) is 0. The van der Waals surface area contributed by atoms with Crippen LogP contribution in [0.15, 0.2) is 12.4 Å². The second kappa shape index (κ2) is 7.03. The van der Waals surface area contributed by atoms with Gasteiger partial charge in [-0.25, -0.2) is 4.98 Å². The van der Waals surface area contributed by atoms with Crippen molar-refractivity contribution in [2.24, 2.45) is 0 Å². The van der Waals surface area contributed by atoms with E-state index >= 15 is 0 Å². The Morgan fingerprint density at radius 3 is 3.00 bits per heavy atom. The van der Waals surface area contributed by atoms with E-state index in [1.165, 1.54) is 0 Å². The molecule has 0 aliphatic carbocycles. The lowest BCUT2D eigenvalue weighted by atomic mass is 10.4. The number of carboxylic acids is 1. The van der Waals surface area contributed by atoms with Crippen LogP contribution in [-0.2, 0) is 22.6 Å². The van der Waals surface area contributed by atoms with Crippen LogP contribution in [0.25, 0.3) is 0 Å². The van der Waals surface area contributed by atoms with Gasteiger partial charge in [-0.05, 0) is 6.92 Å². The molecule has 1 aromatic heterocycles. The summed E-state index contributed by atoms with van der Waals surface area (Å²) in [5.74, 6) is 0.0422. The van der Waals surface area contributed by atoms with E-state index in [1.807, 2.05) is 17.7 Å². The maximum atomic E-state index is 10.7. The summed E-state index contributed by atoms with van der Waals surface area (Å²) in [7, 11) is 1.60. The third-order valence-electron chi connectivity index (χ3n) is 2.48. The predicted molar refractivity (Wildman–Crippen MR) is 62.7 cm³/mol. The molecule has 0 saturated heterocycles. The first kappa shape index (κ1) is 13.7. The summed E-state index contributed by atoms with van der Waals surface area (Å²) < 4.78 is 6.97. The number of ether oxygens (including phenoxy) is 1. The Morgan fingerprint density at radius 1 is 1.65 bits per heavy atom. The average molecular weight is 241 g/mol. The van der Waals surface area contributed by atoms with E-state index < -0.39 is 5.97 Å². The van der Waals surface area contributed by atoms with Crippen molar-refractivity contribution < 1.29 is 14.6 Å². The summed E-state index contributed by atoms with van der Waals surface area (Å²) in [5, 5.41) is 8.83. The lowest BCUT2D eigenvalue weighted by Gasteiger charge is -2.19. The lowest BCUT2D eigenvalue weighted by molar-refractivity contribution is -0.138. The molecule has 1 heterocycles. The van der Waals surface area contributed by atoms with Gasteiger partial charge in [-0.15, -0.1) is 0 Å². The van der Waals surface area contributed by atoms with Crippen LogP contribution in [0, 0.1) is 0 Å². The quantitative estimate of drug-likeness (QED) is 0.715. The minimum Gasteiger partial charge on any atom is -0.480 e. The van der Waals surface area contributed by atoms with Crippen molar-refractivity contribution in [2.45, 2.75) is 20.0 Å². The molecule has 6 nitrogen and oxygen atoms in total. The van der Waals surface area contributed by atoms with Crippen molar-refractivity contribution in [3.05, 3.63) is 18.2 Å². The zero-order valence-corrected chi connectivity index (χ0v) is 10.3. The van der Waals surface area contributed by atoms with Gasteiger partial charge in [-0.2, -0.15) is 0 Å². The molecule has 0 atom stereocenters. The number of hydrogen-bond acceptors (Lipinski definition) is 4. The van der Waals surface area contributed by atoms with Gasteiger partial charge >= 0.3 is 5.97 Å². The smallest absolute Gasteiger partial charge is 0.317 e. The Labute approximate surface area is 101 Å². The van der Waals surface area contributed by atoms with Crippen LogP contribution < -0.4 is 0 Å². The molecule has 1 rings (SSSR count). The molecule has 0 aromatic carbocycles. The normalized spacial score (nSPS) is 11.0. The molecule has 0 bridgehead atoms. The minimum atomic E-state index is -0.837. The monoisotopic (exact) mass is 241 g/mol. The zero-order valence-electron chi connectivity index (χ0n) is 10.3. The summed E-state index contributed by atoms with van der Waals surface area (Å²) in [6.45, 7) is 4.48. The molecule has 0 radical (unpaired) electrons. The molecule has 96 valence electrons. The van der Waals surface area contributed by atoms with Crippen LogP contribution in [0.2, 0.25) is 0 Å². The van der Waals surface area contributed by atoms with Gasteiger partial charge in [0.2, 0.25) is 0 Å².